The van der Waals surface area contributed by atoms with Gasteiger partial charge in [0.1, 0.15) is 11.3 Å². The molecule has 11 heteroatoms. The minimum atomic E-state index is -4.69. The zero-order chi connectivity index (χ0) is 22.1. The van der Waals surface area contributed by atoms with Crippen LogP contribution in [0.3, 0.4) is 0 Å². The molecule has 6 nitrogen and oxygen atoms in total. The van der Waals surface area contributed by atoms with Crippen molar-refractivity contribution in [3.8, 4) is 6.07 Å². The molecule has 0 radical (unpaired) electrons. The predicted molar refractivity (Wildman–Crippen MR) is 101 cm³/mol. The number of allylic oxidation sites excluding steroid dienone is 1. The van der Waals surface area contributed by atoms with E-state index >= 15 is 0 Å². The highest BCUT2D eigenvalue weighted by Gasteiger charge is 2.32. The Kier molecular flexibility index (Phi) is 5.43. The lowest BCUT2D eigenvalue weighted by Gasteiger charge is -2.15. The zero-order valence-electron chi connectivity index (χ0n) is 15.6. The van der Waals surface area contributed by atoms with Crippen molar-refractivity contribution < 1.29 is 22.0 Å². The number of halogens is 5. The largest absolute Gasteiger partial charge is 0.419 e. The molecular formula is C19H15F5N6. The summed E-state index contributed by atoms with van der Waals surface area (Å²) in [6.45, 7) is -0.449. The van der Waals surface area contributed by atoms with Crippen LogP contribution in [0.4, 0.5) is 22.0 Å². The number of imidazole rings is 1. The molecule has 0 aliphatic rings. The minimum Gasteiger partial charge on any atom is -0.404 e. The van der Waals surface area contributed by atoms with Gasteiger partial charge in [0.05, 0.1) is 47.5 Å². The summed E-state index contributed by atoms with van der Waals surface area (Å²) in [5.74, 6) is -3.11. The number of hydrogen-bond acceptors (Lipinski definition) is 5. The van der Waals surface area contributed by atoms with E-state index < -0.39 is 30.8 Å². The molecule has 0 saturated carbocycles. The molecule has 0 bridgehead atoms. The maximum Gasteiger partial charge on any atom is 0.419 e. The van der Waals surface area contributed by atoms with Crippen molar-refractivity contribution in [1.82, 2.24) is 14.5 Å². The Labute approximate surface area is 167 Å². The molecular weight excluding hydrogens is 407 g/mol. The van der Waals surface area contributed by atoms with Gasteiger partial charge in [-0.05, 0) is 18.2 Å². The second kappa shape index (κ2) is 7.70. The average molecular weight is 422 g/mol. The van der Waals surface area contributed by atoms with Crippen molar-refractivity contribution >= 4 is 28.2 Å². The molecule has 1 aromatic carbocycles. The third-order valence-corrected chi connectivity index (χ3v) is 4.19. The number of nitriles is 1. The van der Waals surface area contributed by atoms with E-state index in [2.05, 4.69) is 15.0 Å². The lowest BCUT2D eigenvalue weighted by molar-refractivity contribution is -0.0857. The van der Waals surface area contributed by atoms with Gasteiger partial charge >= 0.3 is 6.18 Å². The average Bonchev–Trinajstić information content (AvgIpc) is 3.00. The molecule has 0 amide bonds. The third-order valence-electron chi connectivity index (χ3n) is 4.19. The van der Waals surface area contributed by atoms with Crippen LogP contribution in [0, 0.1) is 11.3 Å². The van der Waals surface area contributed by atoms with Gasteiger partial charge in [-0.3, -0.25) is 9.98 Å². The van der Waals surface area contributed by atoms with Gasteiger partial charge in [-0.1, -0.05) is 0 Å². The first-order valence-corrected chi connectivity index (χ1v) is 8.58. The minimum absolute atomic E-state index is 0.0259. The van der Waals surface area contributed by atoms with Crippen molar-refractivity contribution in [2.75, 3.05) is 0 Å². The topological polar surface area (TPSA) is 92.9 Å². The Balaban J connectivity index is 2.15. The van der Waals surface area contributed by atoms with Gasteiger partial charge in [0, 0.05) is 24.7 Å². The fourth-order valence-electron chi connectivity index (χ4n) is 2.94. The van der Waals surface area contributed by atoms with E-state index in [0.29, 0.717) is 34.4 Å². The van der Waals surface area contributed by atoms with Gasteiger partial charge < -0.3 is 10.3 Å². The van der Waals surface area contributed by atoms with Crippen LogP contribution in [-0.4, -0.2) is 32.8 Å². The number of rotatable bonds is 5. The number of benzene rings is 1. The maximum atomic E-state index is 13.9. The molecule has 2 heterocycles. The highest BCUT2D eigenvalue weighted by molar-refractivity contribution is 6.02. The van der Waals surface area contributed by atoms with Crippen LogP contribution < -0.4 is 5.73 Å². The second-order valence-corrected chi connectivity index (χ2v) is 6.61. The molecule has 2 N–H and O–H groups in total. The molecule has 0 aliphatic heterocycles. The molecule has 3 aromatic rings. The summed E-state index contributed by atoms with van der Waals surface area (Å²) in [5, 5.41) is 9.58. The van der Waals surface area contributed by atoms with E-state index in [1.807, 2.05) is 6.07 Å². The normalized spacial score (nSPS) is 13.4. The Morgan fingerprint density at radius 2 is 2.00 bits per heavy atom. The number of aromatic nitrogens is 3. The van der Waals surface area contributed by atoms with Crippen LogP contribution in [-0.2, 0) is 13.1 Å². The Morgan fingerprint density at radius 1 is 1.27 bits per heavy atom. The monoisotopic (exact) mass is 422 g/mol. The number of nitrogens with two attached hydrogens (primary N) is 1. The molecule has 3 rings (SSSR count). The molecule has 0 saturated heterocycles. The van der Waals surface area contributed by atoms with E-state index in [-0.39, 0.29) is 11.3 Å². The smallest absolute Gasteiger partial charge is 0.404 e. The van der Waals surface area contributed by atoms with E-state index in [1.54, 1.807) is 12.1 Å². The third kappa shape index (κ3) is 4.37. The first kappa shape index (κ1) is 21.2. The van der Waals surface area contributed by atoms with Crippen LogP contribution in [0.5, 0.6) is 0 Å². The van der Waals surface area contributed by atoms with Crippen molar-refractivity contribution in [2.24, 2.45) is 10.7 Å². The predicted octanol–water partition coefficient (Wildman–Crippen LogP) is 4.09. The number of fused-ring (bicyclic) bond motifs is 3. The summed E-state index contributed by atoms with van der Waals surface area (Å²) in [6, 6.07) is 6.59. The van der Waals surface area contributed by atoms with Crippen molar-refractivity contribution in [2.45, 2.75) is 32.1 Å². The van der Waals surface area contributed by atoms with Gasteiger partial charge in [-0.15, -0.1) is 0 Å². The molecule has 2 aromatic heterocycles. The first-order chi connectivity index (χ1) is 14.0. The van der Waals surface area contributed by atoms with Gasteiger partial charge in [0.25, 0.3) is 5.92 Å². The van der Waals surface area contributed by atoms with Crippen LogP contribution in [0.2, 0.25) is 0 Å². The van der Waals surface area contributed by atoms with Crippen molar-refractivity contribution in [3.05, 3.63) is 47.6 Å². The molecule has 0 unspecified atom stereocenters. The Bertz CT molecular complexity index is 1190. The quantitative estimate of drug-likeness (QED) is 0.495. The maximum absolute atomic E-state index is 13.9. The van der Waals surface area contributed by atoms with Gasteiger partial charge in [0.2, 0.25) is 0 Å². The summed E-state index contributed by atoms with van der Waals surface area (Å²) in [7, 11) is 0. The first-order valence-electron chi connectivity index (χ1n) is 8.58. The summed E-state index contributed by atoms with van der Waals surface area (Å²) < 4.78 is 67.2. The summed E-state index contributed by atoms with van der Waals surface area (Å²) in [6.07, 6.45) is -2.42. The van der Waals surface area contributed by atoms with Crippen molar-refractivity contribution in [1.29, 1.82) is 5.26 Å². The highest BCUT2D eigenvalue weighted by atomic mass is 19.4. The fourth-order valence-corrected chi connectivity index (χ4v) is 2.94. The molecule has 0 fully saturated rings. The SMILES string of the molecule is CC(F)(F)Cn1c(CN=CC(=CN)C(F)(F)F)nc2cnc3ccc(C#N)cc3c21. The Hall–Kier alpha value is -3.55. The lowest BCUT2D eigenvalue weighted by Crippen LogP contribution is -2.21. The highest BCUT2D eigenvalue weighted by Crippen LogP contribution is 2.29. The Morgan fingerprint density at radius 3 is 2.60 bits per heavy atom. The van der Waals surface area contributed by atoms with Crippen molar-refractivity contribution in [3.63, 3.8) is 0 Å². The number of alkyl halides is 5. The molecule has 30 heavy (non-hydrogen) atoms. The molecule has 0 atom stereocenters. The molecule has 0 spiro atoms. The summed E-state index contributed by atoms with van der Waals surface area (Å²) >= 11 is 0. The van der Waals surface area contributed by atoms with Gasteiger partial charge in [0.15, 0.2) is 0 Å². The van der Waals surface area contributed by atoms with Gasteiger partial charge in [-0.25, -0.2) is 13.8 Å². The lowest BCUT2D eigenvalue weighted by atomic mass is 10.1. The van der Waals surface area contributed by atoms with Crippen LogP contribution in [0.25, 0.3) is 21.9 Å². The number of nitrogens with zero attached hydrogens (tertiary/aromatic N) is 5. The van der Waals surface area contributed by atoms with E-state index in [1.165, 1.54) is 16.8 Å². The van der Waals surface area contributed by atoms with E-state index in [9.17, 15) is 22.0 Å². The molecule has 156 valence electrons. The van der Waals surface area contributed by atoms with E-state index in [0.717, 1.165) is 6.92 Å². The van der Waals surface area contributed by atoms with Crippen LogP contribution >= 0.6 is 0 Å². The summed E-state index contributed by atoms with van der Waals surface area (Å²) in [4.78, 5) is 12.1. The number of aliphatic imine (C=N–C) groups is 1. The zero-order valence-corrected chi connectivity index (χ0v) is 15.6. The second-order valence-electron chi connectivity index (χ2n) is 6.61. The fraction of sp³-hybridized carbons (Fsp3) is 0.263. The van der Waals surface area contributed by atoms with Crippen LogP contribution in [0.1, 0.15) is 18.3 Å². The van der Waals surface area contributed by atoms with E-state index in [4.69, 9.17) is 11.0 Å². The standard InChI is InChI=1S/C19H15F5N6/c1-18(20,21)10-30-16(9-27-7-12(6-26)19(22,23)24)29-15-8-28-14-3-2-11(5-25)4-13(14)17(15)30/h2-4,6-8H,9-10,26H2,1H3. The molecule has 0 aliphatic carbocycles. The number of pyridine rings is 1. The number of hydrogen-bond donors (Lipinski definition) is 1. The summed E-state index contributed by atoms with van der Waals surface area (Å²) in [5.41, 5.74) is 5.13. The van der Waals surface area contributed by atoms with Gasteiger partial charge in [-0.2, -0.15) is 18.4 Å². The van der Waals surface area contributed by atoms with Crippen LogP contribution in [0.15, 0.2) is 41.2 Å².